The minimum atomic E-state index is 0.0507. The van der Waals surface area contributed by atoms with E-state index in [0.717, 1.165) is 11.3 Å². The van der Waals surface area contributed by atoms with Crippen LogP contribution in [0.2, 0.25) is 0 Å². The maximum atomic E-state index is 11.7. The van der Waals surface area contributed by atoms with Gasteiger partial charge in [-0.1, -0.05) is 25.0 Å². The molecule has 0 radical (unpaired) electrons. The molecule has 0 unspecified atom stereocenters. The number of hydrogen-bond acceptors (Lipinski definition) is 3. The van der Waals surface area contributed by atoms with E-state index in [1.54, 1.807) is 7.11 Å². The molecule has 1 saturated carbocycles. The molecule has 104 valence electrons. The number of hydrogen-bond donors (Lipinski definition) is 2. The summed E-state index contributed by atoms with van der Waals surface area (Å²) in [4.78, 5) is 11.7. The van der Waals surface area contributed by atoms with E-state index in [9.17, 15) is 4.79 Å². The zero-order valence-electron chi connectivity index (χ0n) is 11.4. The van der Waals surface area contributed by atoms with Gasteiger partial charge in [0.2, 0.25) is 5.91 Å². The molecule has 4 heteroatoms. The predicted octanol–water partition coefficient (Wildman–Crippen LogP) is 1.84. The maximum Gasteiger partial charge on any atom is 0.234 e. The Morgan fingerprint density at radius 1 is 1.37 bits per heavy atom. The molecule has 2 N–H and O–H groups in total. The first-order valence-corrected chi connectivity index (χ1v) is 6.91. The van der Waals surface area contributed by atoms with Gasteiger partial charge < -0.3 is 15.4 Å². The molecule has 1 fully saturated rings. The highest BCUT2D eigenvalue weighted by atomic mass is 16.5. The third kappa shape index (κ3) is 4.56. The van der Waals surface area contributed by atoms with Crippen molar-refractivity contribution in [2.75, 3.05) is 13.7 Å². The lowest BCUT2D eigenvalue weighted by molar-refractivity contribution is -0.120. The van der Waals surface area contributed by atoms with Crippen LogP contribution in [0, 0.1) is 0 Å². The predicted molar refractivity (Wildman–Crippen MR) is 75.1 cm³/mol. The Morgan fingerprint density at radius 3 is 2.89 bits per heavy atom. The van der Waals surface area contributed by atoms with Crippen molar-refractivity contribution in [1.29, 1.82) is 0 Å². The van der Waals surface area contributed by atoms with Crippen LogP contribution in [0.15, 0.2) is 24.3 Å². The van der Waals surface area contributed by atoms with Gasteiger partial charge in [0.05, 0.1) is 13.7 Å². The van der Waals surface area contributed by atoms with Gasteiger partial charge in [0, 0.05) is 12.6 Å². The van der Waals surface area contributed by atoms with Crippen LogP contribution in [-0.4, -0.2) is 25.6 Å². The third-order valence-electron chi connectivity index (χ3n) is 3.53. The lowest BCUT2D eigenvalue weighted by Crippen LogP contribution is -2.37. The first kappa shape index (κ1) is 13.9. The molecule has 1 amide bonds. The average molecular weight is 262 g/mol. The zero-order chi connectivity index (χ0) is 13.5. The first-order chi connectivity index (χ1) is 9.28. The van der Waals surface area contributed by atoms with Gasteiger partial charge in [-0.25, -0.2) is 0 Å². The van der Waals surface area contributed by atoms with Crippen LogP contribution in [0.3, 0.4) is 0 Å². The second kappa shape index (κ2) is 7.14. The molecule has 0 spiro atoms. The minimum absolute atomic E-state index is 0.0507. The summed E-state index contributed by atoms with van der Waals surface area (Å²) in [5.41, 5.74) is 1.05. The van der Waals surface area contributed by atoms with E-state index in [2.05, 4.69) is 10.6 Å². The van der Waals surface area contributed by atoms with Crippen LogP contribution in [0.4, 0.5) is 0 Å². The van der Waals surface area contributed by atoms with Crippen molar-refractivity contribution in [3.05, 3.63) is 29.8 Å². The molecule has 2 rings (SSSR count). The molecule has 1 aromatic carbocycles. The van der Waals surface area contributed by atoms with Crippen LogP contribution in [0.5, 0.6) is 5.75 Å². The number of benzene rings is 1. The molecule has 0 saturated heterocycles. The van der Waals surface area contributed by atoms with Crippen LogP contribution in [0.25, 0.3) is 0 Å². The number of carbonyl (C=O) groups is 1. The molecule has 0 bridgehead atoms. The Labute approximate surface area is 114 Å². The van der Waals surface area contributed by atoms with Gasteiger partial charge >= 0.3 is 0 Å². The van der Waals surface area contributed by atoms with Crippen LogP contribution >= 0.6 is 0 Å². The molecule has 0 heterocycles. The molecule has 4 nitrogen and oxygen atoms in total. The minimum Gasteiger partial charge on any atom is -0.497 e. The Bertz CT molecular complexity index is 414. The first-order valence-electron chi connectivity index (χ1n) is 6.91. The van der Waals surface area contributed by atoms with Gasteiger partial charge in [-0.2, -0.15) is 0 Å². The fraction of sp³-hybridized carbons (Fsp3) is 0.533. The molecule has 1 aromatic rings. The van der Waals surface area contributed by atoms with E-state index in [-0.39, 0.29) is 5.91 Å². The average Bonchev–Trinajstić information content (AvgIpc) is 2.96. The lowest BCUT2D eigenvalue weighted by Gasteiger charge is -2.12. The van der Waals surface area contributed by atoms with Gasteiger partial charge in [0.15, 0.2) is 0 Å². The summed E-state index contributed by atoms with van der Waals surface area (Å²) in [6.07, 6.45) is 4.96. The van der Waals surface area contributed by atoms with Crippen LogP contribution in [0.1, 0.15) is 31.2 Å². The highest BCUT2D eigenvalue weighted by Gasteiger charge is 2.14. The van der Waals surface area contributed by atoms with Crippen LogP contribution < -0.4 is 15.4 Å². The Kier molecular flexibility index (Phi) is 5.21. The Morgan fingerprint density at radius 2 is 2.16 bits per heavy atom. The molecular weight excluding hydrogens is 240 g/mol. The number of carbonyl (C=O) groups excluding carboxylic acids is 1. The van der Waals surface area contributed by atoms with Crippen molar-refractivity contribution >= 4 is 5.91 Å². The highest BCUT2D eigenvalue weighted by Crippen LogP contribution is 2.17. The van der Waals surface area contributed by atoms with Crippen molar-refractivity contribution in [3.63, 3.8) is 0 Å². The monoisotopic (exact) mass is 262 g/mol. The molecule has 0 aromatic heterocycles. The maximum absolute atomic E-state index is 11.7. The van der Waals surface area contributed by atoms with Gasteiger partial charge in [-0.15, -0.1) is 0 Å². The van der Waals surface area contributed by atoms with E-state index < -0.39 is 0 Å². The number of ether oxygens (including phenoxy) is 1. The van der Waals surface area contributed by atoms with Gasteiger partial charge in [-0.05, 0) is 30.5 Å². The fourth-order valence-corrected chi connectivity index (χ4v) is 2.41. The number of methoxy groups -OCH3 is 1. The van der Waals surface area contributed by atoms with Crippen molar-refractivity contribution in [2.24, 2.45) is 0 Å². The quantitative estimate of drug-likeness (QED) is 0.822. The number of amides is 1. The summed E-state index contributed by atoms with van der Waals surface area (Å²) in [7, 11) is 1.64. The molecular formula is C15H22N2O2. The molecule has 0 aliphatic heterocycles. The van der Waals surface area contributed by atoms with E-state index >= 15 is 0 Å². The van der Waals surface area contributed by atoms with Crippen molar-refractivity contribution < 1.29 is 9.53 Å². The second-order valence-electron chi connectivity index (χ2n) is 4.99. The zero-order valence-corrected chi connectivity index (χ0v) is 11.4. The third-order valence-corrected chi connectivity index (χ3v) is 3.53. The Hall–Kier alpha value is -1.55. The van der Waals surface area contributed by atoms with E-state index in [0.29, 0.717) is 19.1 Å². The molecule has 1 aliphatic rings. The van der Waals surface area contributed by atoms with Gasteiger partial charge in [0.1, 0.15) is 5.75 Å². The van der Waals surface area contributed by atoms with Gasteiger partial charge in [0.25, 0.3) is 0 Å². The SMILES string of the molecule is COc1cccc(CNC(=O)CNC2CCCC2)c1. The summed E-state index contributed by atoms with van der Waals surface area (Å²) in [6.45, 7) is 0.955. The summed E-state index contributed by atoms with van der Waals surface area (Å²) >= 11 is 0. The van der Waals surface area contributed by atoms with Gasteiger partial charge in [-0.3, -0.25) is 4.79 Å². The van der Waals surface area contributed by atoms with Crippen LogP contribution in [-0.2, 0) is 11.3 Å². The Balaban J connectivity index is 1.70. The smallest absolute Gasteiger partial charge is 0.234 e. The number of rotatable bonds is 6. The summed E-state index contributed by atoms with van der Waals surface area (Å²) in [5.74, 6) is 0.866. The summed E-state index contributed by atoms with van der Waals surface area (Å²) < 4.78 is 5.15. The second-order valence-corrected chi connectivity index (χ2v) is 4.99. The fourth-order valence-electron chi connectivity index (χ4n) is 2.41. The highest BCUT2D eigenvalue weighted by molar-refractivity contribution is 5.78. The lowest BCUT2D eigenvalue weighted by atomic mass is 10.2. The van der Waals surface area contributed by atoms with E-state index in [1.807, 2.05) is 24.3 Å². The van der Waals surface area contributed by atoms with Crippen molar-refractivity contribution in [3.8, 4) is 5.75 Å². The van der Waals surface area contributed by atoms with E-state index in [1.165, 1.54) is 25.7 Å². The van der Waals surface area contributed by atoms with Crippen molar-refractivity contribution in [2.45, 2.75) is 38.3 Å². The summed E-state index contributed by atoms with van der Waals surface area (Å²) in [5, 5.41) is 6.22. The standard InChI is InChI=1S/C15H22N2O2/c1-19-14-8-4-5-12(9-14)10-17-15(18)11-16-13-6-2-3-7-13/h4-5,8-9,13,16H,2-3,6-7,10-11H2,1H3,(H,17,18). The topological polar surface area (TPSA) is 50.4 Å². The molecule has 0 atom stereocenters. The molecule has 19 heavy (non-hydrogen) atoms. The number of nitrogens with one attached hydrogen (secondary N) is 2. The normalized spacial score (nSPS) is 15.4. The largest absolute Gasteiger partial charge is 0.497 e. The van der Waals surface area contributed by atoms with Crippen molar-refractivity contribution in [1.82, 2.24) is 10.6 Å². The van der Waals surface area contributed by atoms with E-state index in [4.69, 9.17) is 4.74 Å². The summed E-state index contributed by atoms with van der Waals surface area (Å²) in [6, 6.07) is 8.27. The molecule has 1 aliphatic carbocycles.